The molecule has 2 atom stereocenters. The van der Waals surface area contributed by atoms with Gasteiger partial charge in [0, 0.05) is 35.9 Å². The standard InChI is InChI=1S/C24H25ClN2O4/c1-16-23(24(29)31-15-19-5-2-3-11-26-19)21(17-7-9-18(25)10-8-17)13-22(28)27(16)14-20-6-4-12-30-20/h2-3,5,7-11,20-21H,4,6,12-15H2,1H3/t20?,21-/m0/s1. The maximum Gasteiger partial charge on any atom is 0.336 e. The smallest absolute Gasteiger partial charge is 0.336 e. The highest BCUT2D eigenvalue weighted by Gasteiger charge is 2.38. The maximum absolute atomic E-state index is 13.2. The second-order valence-corrected chi connectivity index (χ2v) is 8.28. The van der Waals surface area contributed by atoms with Crippen molar-refractivity contribution in [3.05, 3.63) is 76.2 Å². The van der Waals surface area contributed by atoms with Gasteiger partial charge in [0.15, 0.2) is 0 Å². The lowest BCUT2D eigenvalue weighted by Crippen LogP contribution is -2.42. The Morgan fingerprint density at radius 3 is 2.74 bits per heavy atom. The van der Waals surface area contributed by atoms with Crippen LogP contribution in [0.15, 0.2) is 59.9 Å². The minimum atomic E-state index is -0.437. The Hall–Kier alpha value is -2.70. The number of benzene rings is 1. The average Bonchev–Trinajstić information content (AvgIpc) is 3.29. The molecule has 1 saturated heterocycles. The summed E-state index contributed by atoms with van der Waals surface area (Å²) in [5, 5.41) is 0.603. The molecule has 0 aliphatic carbocycles. The molecule has 1 fully saturated rings. The Labute approximate surface area is 186 Å². The topological polar surface area (TPSA) is 68.7 Å². The predicted octanol–water partition coefficient (Wildman–Crippen LogP) is 4.25. The van der Waals surface area contributed by atoms with Gasteiger partial charge in [-0.2, -0.15) is 0 Å². The second-order valence-electron chi connectivity index (χ2n) is 7.84. The molecule has 2 aromatic rings. The van der Waals surface area contributed by atoms with Crippen LogP contribution < -0.4 is 0 Å². The Balaban J connectivity index is 1.63. The average molecular weight is 441 g/mol. The molecule has 1 aromatic carbocycles. The molecule has 1 aromatic heterocycles. The number of aromatic nitrogens is 1. The maximum atomic E-state index is 13.2. The summed E-state index contributed by atoms with van der Waals surface area (Å²) in [5.74, 6) is -0.844. The van der Waals surface area contributed by atoms with Crippen LogP contribution in [0.5, 0.6) is 0 Å². The van der Waals surface area contributed by atoms with Gasteiger partial charge in [0.2, 0.25) is 5.91 Å². The van der Waals surface area contributed by atoms with Gasteiger partial charge in [0.05, 0.1) is 23.9 Å². The predicted molar refractivity (Wildman–Crippen MR) is 116 cm³/mol. The van der Waals surface area contributed by atoms with Crippen molar-refractivity contribution < 1.29 is 19.1 Å². The summed E-state index contributed by atoms with van der Waals surface area (Å²) in [6, 6.07) is 12.7. The van der Waals surface area contributed by atoms with Gasteiger partial charge in [0.25, 0.3) is 0 Å². The molecule has 4 rings (SSSR count). The normalized spacial score (nSPS) is 21.5. The van der Waals surface area contributed by atoms with Gasteiger partial charge in [-0.3, -0.25) is 9.78 Å². The molecular weight excluding hydrogens is 416 g/mol. The van der Waals surface area contributed by atoms with E-state index < -0.39 is 5.97 Å². The first kappa shape index (κ1) is 21.5. The van der Waals surface area contributed by atoms with Crippen molar-refractivity contribution in [1.82, 2.24) is 9.88 Å². The molecule has 2 aliphatic heterocycles. The van der Waals surface area contributed by atoms with E-state index in [1.165, 1.54) is 0 Å². The van der Waals surface area contributed by atoms with Gasteiger partial charge < -0.3 is 14.4 Å². The highest BCUT2D eigenvalue weighted by Crippen LogP contribution is 2.38. The van der Waals surface area contributed by atoms with E-state index in [0.29, 0.717) is 35.1 Å². The van der Waals surface area contributed by atoms with E-state index in [1.807, 2.05) is 31.2 Å². The summed E-state index contributed by atoms with van der Waals surface area (Å²) < 4.78 is 11.3. The van der Waals surface area contributed by atoms with Crippen LogP contribution in [0, 0.1) is 0 Å². The Morgan fingerprint density at radius 2 is 2.06 bits per heavy atom. The van der Waals surface area contributed by atoms with Crippen molar-refractivity contribution in [2.75, 3.05) is 13.2 Å². The minimum absolute atomic E-state index is 0.00299. The molecule has 1 unspecified atom stereocenters. The number of rotatable bonds is 6. The fourth-order valence-corrected chi connectivity index (χ4v) is 4.30. The molecule has 7 heteroatoms. The van der Waals surface area contributed by atoms with E-state index in [1.54, 1.807) is 29.3 Å². The SMILES string of the molecule is CC1=C(C(=O)OCc2ccccn2)[C@H](c2ccc(Cl)cc2)CC(=O)N1CC1CCCO1. The molecule has 0 spiro atoms. The van der Waals surface area contributed by atoms with Crippen molar-refractivity contribution in [3.63, 3.8) is 0 Å². The van der Waals surface area contributed by atoms with E-state index in [0.717, 1.165) is 18.4 Å². The van der Waals surface area contributed by atoms with Crippen LogP contribution >= 0.6 is 11.6 Å². The van der Waals surface area contributed by atoms with E-state index in [9.17, 15) is 9.59 Å². The van der Waals surface area contributed by atoms with Crippen molar-refractivity contribution in [2.24, 2.45) is 0 Å². The number of hydrogen-bond donors (Lipinski definition) is 0. The number of allylic oxidation sites excluding steroid dienone is 1. The Bertz CT molecular complexity index is 969. The van der Waals surface area contributed by atoms with Crippen LogP contribution in [0.1, 0.15) is 43.4 Å². The van der Waals surface area contributed by atoms with Gasteiger partial charge in [-0.1, -0.05) is 29.8 Å². The van der Waals surface area contributed by atoms with Crippen LogP contribution in [-0.2, 0) is 25.7 Å². The first-order chi connectivity index (χ1) is 15.0. The molecule has 31 heavy (non-hydrogen) atoms. The molecule has 0 saturated carbocycles. The third-order valence-electron chi connectivity index (χ3n) is 5.80. The molecule has 2 aliphatic rings. The molecule has 1 amide bonds. The Morgan fingerprint density at radius 1 is 1.26 bits per heavy atom. The summed E-state index contributed by atoms with van der Waals surface area (Å²) in [5.41, 5.74) is 2.65. The van der Waals surface area contributed by atoms with Crippen molar-refractivity contribution in [2.45, 2.75) is 44.8 Å². The van der Waals surface area contributed by atoms with E-state index in [4.69, 9.17) is 21.1 Å². The summed E-state index contributed by atoms with van der Waals surface area (Å²) in [4.78, 5) is 32.1. The van der Waals surface area contributed by atoms with E-state index in [-0.39, 0.29) is 31.0 Å². The fourth-order valence-electron chi connectivity index (χ4n) is 4.17. The summed E-state index contributed by atoms with van der Waals surface area (Å²) in [6.07, 6.45) is 3.75. The number of carbonyl (C=O) groups is 2. The second kappa shape index (κ2) is 9.62. The van der Waals surface area contributed by atoms with Crippen molar-refractivity contribution in [1.29, 1.82) is 0 Å². The van der Waals surface area contributed by atoms with E-state index >= 15 is 0 Å². The van der Waals surface area contributed by atoms with Crippen LogP contribution in [0.2, 0.25) is 5.02 Å². The van der Waals surface area contributed by atoms with Crippen LogP contribution in [0.3, 0.4) is 0 Å². The molecule has 0 bridgehead atoms. The number of halogens is 1. The lowest BCUT2D eigenvalue weighted by atomic mass is 9.83. The highest BCUT2D eigenvalue weighted by atomic mass is 35.5. The van der Waals surface area contributed by atoms with Gasteiger partial charge >= 0.3 is 5.97 Å². The number of amides is 1. The largest absolute Gasteiger partial charge is 0.456 e. The molecule has 6 nitrogen and oxygen atoms in total. The summed E-state index contributed by atoms with van der Waals surface area (Å²) >= 11 is 6.04. The number of esters is 1. The van der Waals surface area contributed by atoms with Crippen molar-refractivity contribution in [3.8, 4) is 0 Å². The van der Waals surface area contributed by atoms with Crippen LogP contribution in [0.4, 0.5) is 0 Å². The van der Waals surface area contributed by atoms with E-state index in [2.05, 4.69) is 4.98 Å². The van der Waals surface area contributed by atoms with Gasteiger partial charge in [-0.05, 0) is 49.6 Å². The van der Waals surface area contributed by atoms with Crippen molar-refractivity contribution >= 4 is 23.5 Å². The van der Waals surface area contributed by atoms with Crippen LogP contribution in [0.25, 0.3) is 0 Å². The molecule has 3 heterocycles. The first-order valence-electron chi connectivity index (χ1n) is 10.5. The van der Waals surface area contributed by atoms with Gasteiger partial charge in [0.1, 0.15) is 6.61 Å². The zero-order valence-corrected chi connectivity index (χ0v) is 18.2. The summed E-state index contributed by atoms with van der Waals surface area (Å²) in [6.45, 7) is 3.05. The monoisotopic (exact) mass is 440 g/mol. The third kappa shape index (κ3) is 4.97. The molecule has 162 valence electrons. The number of hydrogen-bond acceptors (Lipinski definition) is 5. The molecule has 0 radical (unpaired) electrons. The number of pyridine rings is 1. The minimum Gasteiger partial charge on any atom is -0.456 e. The lowest BCUT2D eigenvalue weighted by molar-refractivity contribution is -0.142. The lowest BCUT2D eigenvalue weighted by Gasteiger charge is -2.35. The highest BCUT2D eigenvalue weighted by molar-refractivity contribution is 6.30. The fraction of sp³-hybridized carbons (Fsp3) is 0.375. The zero-order chi connectivity index (χ0) is 21.8. The molecular formula is C24H25ClN2O4. The number of nitrogens with zero attached hydrogens (tertiary/aromatic N) is 2. The van der Waals surface area contributed by atoms with Gasteiger partial charge in [-0.25, -0.2) is 4.79 Å². The Kier molecular flexibility index (Phi) is 6.68. The van der Waals surface area contributed by atoms with Gasteiger partial charge in [-0.15, -0.1) is 0 Å². The number of ether oxygens (including phenoxy) is 2. The first-order valence-corrected chi connectivity index (χ1v) is 10.9. The third-order valence-corrected chi connectivity index (χ3v) is 6.05. The molecule has 0 N–H and O–H groups in total. The quantitative estimate of drug-likeness (QED) is 0.628. The summed E-state index contributed by atoms with van der Waals surface area (Å²) in [7, 11) is 0. The van der Waals surface area contributed by atoms with Crippen LogP contribution in [-0.4, -0.2) is 41.0 Å². The zero-order valence-electron chi connectivity index (χ0n) is 17.4. The number of carbonyl (C=O) groups excluding carboxylic acids is 2.